The number of furan rings is 1. The molecule has 1 N–H and O–H groups in total. The lowest BCUT2D eigenvalue weighted by molar-refractivity contribution is 0.438. The van der Waals surface area contributed by atoms with Crippen molar-refractivity contribution in [1.82, 2.24) is 9.78 Å². The molecule has 1 fully saturated rings. The summed E-state index contributed by atoms with van der Waals surface area (Å²) < 4.78 is 7.26. The standard InChI is InChI=1S/C12H15N3O/c1-3-10(4-1)14-12-6-7-13-15(12)9-11-5-2-8-16-11/h2,5-8,10,14H,1,3-4,9H2. The summed E-state index contributed by atoms with van der Waals surface area (Å²) >= 11 is 0. The van der Waals surface area contributed by atoms with Crippen LogP contribution in [-0.2, 0) is 6.54 Å². The summed E-state index contributed by atoms with van der Waals surface area (Å²) in [7, 11) is 0. The molecule has 0 aliphatic heterocycles. The van der Waals surface area contributed by atoms with Gasteiger partial charge in [0.15, 0.2) is 0 Å². The first-order valence-electron chi connectivity index (χ1n) is 5.72. The van der Waals surface area contributed by atoms with Crippen LogP contribution in [-0.4, -0.2) is 15.8 Å². The number of nitrogens with one attached hydrogen (secondary N) is 1. The highest BCUT2D eigenvalue weighted by Crippen LogP contribution is 2.23. The molecule has 0 radical (unpaired) electrons. The number of hydrogen-bond acceptors (Lipinski definition) is 3. The summed E-state index contributed by atoms with van der Waals surface area (Å²) in [6.07, 6.45) is 7.39. The molecular weight excluding hydrogens is 202 g/mol. The van der Waals surface area contributed by atoms with E-state index >= 15 is 0 Å². The highest BCUT2D eigenvalue weighted by molar-refractivity contribution is 5.36. The monoisotopic (exact) mass is 217 g/mol. The van der Waals surface area contributed by atoms with E-state index in [1.165, 1.54) is 19.3 Å². The Morgan fingerprint density at radius 2 is 2.38 bits per heavy atom. The van der Waals surface area contributed by atoms with Gasteiger partial charge in [-0.1, -0.05) is 0 Å². The van der Waals surface area contributed by atoms with Gasteiger partial charge in [0.2, 0.25) is 0 Å². The van der Waals surface area contributed by atoms with Gasteiger partial charge in [-0.2, -0.15) is 5.10 Å². The average molecular weight is 217 g/mol. The minimum Gasteiger partial charge on any atom is -0.467 e. The Labute approximate surface area is 94.3 Å². The van der Waals surface area contributed by atoms with E-state index in [4.69, 9.17) is 4.42 Å². The van der Waals surface area contributed by atoms with Crippen molar-refractivity contribution in [1.29, 1.82) is 0 Å². The van der Waals surface area contributed by atoms with Crippen molar-refractivity contribution < 1.29 is 4.42 Å². The third kappa shape index (κ3) is 1.83. The van der Waals surface area contributed by atoms with Crippen LogP contribution >= 0.6 is 0 Å². The number of hydrogen-bond donors (Lipinski definition) is 1. The molecule has 0 amide bonds. The Bertz CT molecular complexity index is 443. The summed E-state index contributed by atoms with van der Waals surface area (Å²) in [5, 5.41) is 7.79. The molecule has 2 heterocycles. The second kappa shape index (κ2) is 4.04. The maximum absolute atomic E-state index is 5.32. The maximum atomic E-state index is 5.32. The summed E-state index contributed by atoms with van der Waals surface area (Å²) in [4.78, 5) is 0. The van der Waals surface area contributed by atoms with Gasteiger partial charge in [0.1, 0.15) is 18.1 Å². The van der Waals surface area contributed by atoms with Crippen LogP contribution in [0.2, 0.25) is 0 Å². The molecule has 0 bridgehead atoms. The van der Waals surface area contributed by atoms with Crippen LogP contribution < -0.4 is 5.32 Å². The van der Waals surface area contributed by atoms with E-state index < -0.39 is 0 Å². The molecule has 2 aromatic heterocycles. The van der Waals surface area contributed by atoms with Gasteiger partial charge in [0, 0.05) is 12.1 Å². The number of rotatable bonds is 4. The van der Waals surface area contributed by atoms with E-state index in [-0.39, 0.29) is 0 Å². The molecule has 16 heavy (non-hydrogen) atoms. The summed E-state index contributed by atoms with van der Waals surface area (Å²) in [6, 6.07) is 6.51. The average Bonchev–Trinajstić information content (AvgIpc) is 2.84. The minimum absolute atomic E-state index is 0.632. The molecule has 1 saturated carbocycles. The molecule has 0 unspecified atom stereocenters. The van der Waals surface area contributed by atoms with Gasteiger partial charge < -0.3 is 9.73 Å². The normalized spacial score (nSPS) is 16.0. The quantitative estimate of drug-likeness (QED) is 0.855. The molecule has 4 nitrogen and oxygen atoms in total. The first-order chi connectivity index (χ1) is 7.92. The van der Waals surface area contributed by atoms with Crippen LogP contribution in [0.4, 0.5) is 5.82 Å². The lowest BCUT2D eigenvalue weighted by atomic mass is 9.93. The van der Waals surface area contributed by atoms with Crippen molar-refractivity contribution in [3.8, 4) is 0 Å². The Kier molecular flexibility index (Phi) is 2.40. The molecule has 84 valence electrons. The zero-order valence-electron chi connectivity index (χ0n) is 9.10. The minimum atomic E-state index is 0.632. The van der Waals surface area contributed by atoms with Crippen molar-refractivity contribution in [2.24, 2.45) is 0 Å². The lowest BCUT2D eigenvalue weighted by Gasteiger charge is -2.27. The molecule has 4 heteroatoms. The van der Waals surface area contributed by atoms with Crippen molar-refractivity contribution in [3.05, 3.63) is 36.4 Å². The van der Waals surface area contributed by atoms with Gasteiger partial charge in [-0.05, 0) is 31.4 Å². The zero-order chi connectivity index (χ0) is 10.8. The van der Waals surface area contributed by atoms with E-state index in [2.05, 4.69) is 10.4 Å². The molecule has 3 rings (SSSR count). The fraction of sp³-hybridized carbons (Fsp3) is 0.417. The van der Waals surface area contributed by atoms with Gasteiger partial charge in [-0.15, -0.1) is 0 Å². The Hall–Kier alpha value is -1.71. The highest BCUT2D eigenvalue weighted by atomic mass is 16.3. The van der Waals surface area contributed by atoms with Crippen LogP contribution in [0.5, 0.6) is 0 Å². The molecule has 0 atom stereocenters. The van der Waals surface area contributed by atoms with E-state index in [0.29, 0.717) is 12.6 Å². The number of nitrogens with zero attached hydrogens (tertiary/aromatic N) is 2. The highest BCUT2D eigenvalue weighted by Gasteiger charge is 2.18. The van der Waals surface area contributed by atoms with Crippen molar-refractivity contribution in [3.63, 3.8) is 0 Å². The van der Waals surface area contributed by atoms with Gasteiger partial charge in [-0.3, -0.25) is 0 Å². The third-order valence-electron chi connectivity index (χ3n) is 3.06. The molecule has 2 aromatic rings. The Morgan fingerprint density at radius 1 is 1.44 bits per heavy atom. The predicted octanol–water partition coefficient (Wildman–Crippen LogP) is 2.49. The summed E-state index contributed by atoms with van der Waals surface area (Å²) in [5.41, 5.74) is 0. The van der Waals surface area contributed by atoms with Crippen LogP contribution in [0.15, 0.2) is 35.1 Å². The van der Waals surface area contributed by atoms with Crippen LogP contribution in [0.1, 0.15) is 25.0 Å². The van der Waals surface area contributed by atoms with E-state index in [0.717, 1.165) is 11.6 Å². The van der Waals surface area contributed by atoms with Crippen LogP contribution in [0.3, 0.4) is 0 Å². The van der Waals surface area contributed by atoms with E-state index in [9.17, 15) is 0 Å². The second-order valence-corrected chi connectivity index (χ2v) is 4.23. The van der Waals surface area contributed by atoms with Crippen molar-refractivity contribution >= 4 is 5.82 Å². The topological polar surface area (TPSA) is 43.0 Å². The first-order valence-corrected chi connectivity index (χ1v) is 5.72. The van der Waals surface area contributed by atoms with E-state index in [1.54, 1.807) is 6.26 Å². The SMILES string of the molecule is c1coc(Cn2nccc2NC2CCC2)c1. The molecule has 0 aromatic carbocycles. The van der Waals surface area contributed by atoms with Crippen molar-refractivity contribution in [2.75, 3.05) is 5.32 Å². The van der Waals surface area contributed by atoms with Crippen LogP contribution in [0, 0.1) is 0 Å². The largest absolute Gasteiger partial charge is 0.467 e. The molecule has 0 spiro atoms. The molecule has 1 aliphatic rings. The van der Waals surface area contributed by atoms with E-state index in [1.807, 2.05) is 29.1 Å². The smallest absolute Gasteiger partial charge is 0.125 e. The molecule has 1 aliphatic carbocycles. The lowest BCUT2D eigenvalue weighted by Crippen LogP contribution is -2.28. The third-order valence-corrected chi connectivity index (χ3v) is 3.06. The predicted molar refractivity (Wildman–Crippen MR) is 61.3 cm³/mol. The van der Waals surface area contributed by atoms with Gasteiger partial charge >= 0.3 is 0 Å². The number of aromatic nitrogens is 2. The first kappa shape index (κ1) is 9.51. The summed E-state index contributed by atoms with van der Waals surface area (Å²) in [6.45, 7) is 0.690. The van der Waals surface area contributed by atoms with Crippen molar-refractivity contribution in [2.45, 2.75) is 31.8 Å². The van der Waals surface area contributed by atoms with Gasteiger partial charge in [0.05, 0.1) is 12.5 Å². The molecule has 0 saturated heterocycles. The maximum Gasteiger partial charge on any atom is 0.125 e. The van der Waals surface area contributed by atoms with Gasteiger partial charge in [-0.25, -0.2) is 4.68 Å². The van der Waals surface area contributed by atoms with Gasteiger partial charge in [0.25, 0.3) is 0 Å². The number of anilines is 1. The second-order valence-electron chi connectivity index (χ2n) is 4.23. The zero-order valence-corrected chi connectivity index (χ0v) is 9.10. The summed E-state index contributed by atoms with van der Waals surface area (Å²) in [5.74, 6) is 2.02. The fourth-order valence-electron chi connectivity index (χ4n) is 1.89. The Morgan fingerprint density at radius 3 is 3.06 bits per heavy atom. The fourth-order valence-corrected chi connectivity index (χ4v) is 1.89. The van der Waals surface area contributed by atoms with Crippen LogP contribution in [0.25, 0.3) is 0 Å². The molecular formula is C12H15N3O. The Balaban J connectivity index is 1.71.